The average molecular weight is 498 g/mol. The van der Waals surface area contributed by atoms with Crippen molar-refractivity contribution in [2.75, 3.05) is 5.32 Å². The predicted molar refractivity (Wildman–Crippen MR) is 139 cm³/mol. The number of nitrogens with zero attached hydrogens (tertiary/aromatic N) is 2. The molecule has 2 unspecified atom stereocenters. The molecular formula is C29H27N3O5. The fourth-order valence-electron chi connectivity index (χ4n) is 3.63. The molecule has 8 heteroatoms. The molecule has 1 heterocycles. The molecule has 1 aromatic heterocycles. The lowest BCUT2D eigenvalue weighted by Crippen LogP contribution is -2.26. The molecule has 4 rings (SSSR count). The van der Waals surface area contributed by atoms with E-state index in [4.69, 9.17) is 9.47 Å². The van der Waals surface area contributed by atoms with Gasteiger partial charge in [-0.25, -0.2) is 19.6 Å². The number of hydrogen-bond acceptors (Lipinski definition) is 6. The maximum atomic E-state index is 12.2. The lowest BCUT2D eigenvalue weighted by Gasteiger charge is -2.14. The van der Waals surface area contributed by atoms with Gasteiger partial charge < -0.3 is 14.6 Å². The number of carboxylic acid groups (broad SMARTS) is 1. The number of carbonyl (C=O) groups is 2. The number of hydrogen-bond donors (Lipinski definition) is 2. The first-order valence-electron chi connectivity index (χ1n) is 11.8. The van der Waals surface area contributed by atoms with E-state index in [-0.39, 0.29) is 6.61 Å². The van der Waals surface area contributed by atoms with Crippen LogP contribution in [0.15, 0.2) is 97.3 Å². The van der Waals surface area contributed by atoms with E-state index in [1.807, 2.05) is 84.9 Å². The van der Waals surface area contributed by atoms with Crippen molar-refractivity contribution >= 4 is 17.7 Å². The second kappa shape index (κ2) is 12.4. The van der Waals surface area contributed by atoms with Gasteiger partial charge in [0, 0.05) is 12.0 Å². The van der Waals surface area contributed by atoms with Crippen LogP contribution < -0.4 is 5.32 Å². The Morgan fingerprint density at radius 2 is 1.49 bits per heavy atom. The monoisotopic (exact) mass is 497 g/mol. The molecule has 2 atom stereocenters. The van der Waals surface area contributed by atoms with Crippen LogP contribution in [0.4, 0.5) is 10.5 Å². The third kappa shape index (κ3) is 7.46. The zero-order chi connectivity index (χ0) is 26.0. The van der Waals surface area contributed by atoms with Gasteiger partial charge in [-0.05, 0) is 23.6 Å². The Labute approximate surface area is 214 Å². The summed E-state index contributed by atoms with van der Waals surface area (Å²) in [5.41, 5.74) is 3.82. The summed E-state index contributed by atoms with van der Waals surface area (Å²) in [4.78, 5) is 32.5. The molecule has 0 bridgehead atoms. The van der Waals surface area contributed by atoms with Crippen LogP contribution in [-0.4, -0.2) is 33.2 Å². The highest BCUT2D eigenvalue weighted by atomic mass is 16.6. The second-order valence-corrected chi connectivity index (χ2v) is 8.40. The number of benzene rings is 3. The highest BCUT2D eigenvalue weighted by Crippen LogP contribution is 2.20. The average Bonchev–Trinajstić information content (AvgIpc) is 2.92. The first-order chi connectivity index (χ1) is 18.0. The van der Waals surface area contributed by atoms with Gasteiger partial charge in [-0.1, -0.05) is 84.9 Å². The van der Waals surface area contributed by atoms with E-state index >= 15 is 0 Å². The quantitative estimate of drug-likeness (QED) is 0.291. The number of rotatable bonds is 10. The van der Waals surface area contributed by atoms with Crippen molar-refractivity contribution in [3.8, 4) is 11.4 Å². The zero-order valence-electron chi connectivity index (χ0n) is 20.3. The Bertz CT molecular complexity index is 1300. The number of amides is 1. The van der Waals surface area contributed by atoms with E-state index < -0.39 is 24.3 Å². The Morgan fingerprint density at radius 3 is 2.11 bits per heavy atom. The maximum Gasteiger partial charge on any atom is 0.412 e. The van der Waals surface area contributed by atoms with Gasteiger partial charge >= 0.3 is 12.1 Å². The lowest BCUT2D eigenvalue weighted by atomic mass is 10.1. The third-order valence-electron chi connectivity index (χ3n) is 5.65. The smallest absolute Gasteiger partial charge is 0.412 e. The van der Waals surface area contributed by atoms with Crippen molar-refractivity contribution in [2.45, 2.75) is 32.2 Å². The topological polar surface area (TPSA) is 111 Å². The largest absolute Gasteiger partial charge is 0.479 e. The summed E-state index contributed by atoms with van der Waals surface area (Å²) in [6, 6.07) is 26.2. The molecular weight excluding hydrogens is 470 g/mol. The van der Waals surface area contributed by atoms with Gasteiger partial charge in [0.1, 0.15) is 6.10 Å². The molecule has 8 nitrogen and oxygen atoms in total. The minimum Gasteiger partial charge on any atom is -0.479 e. The number of ether oxygens (including phenoxy) is 2. The van der Waals surface area contributed by atoms with E-state index in [0.29, 0.717) is 17.9 Å². The van der Waals surface area contributed by atoms with E-state index in [2.05, 4.69) is 15.3 Å². The van der Waals surface area contributed by atoms with Gasteiger partial charge in [0.2, 0.25) is 0 Å². The molecule has 2 N–H and O–H groups in total. The fraction of sp³-hybridized carbons (Fsp3) is 0.172. The first kappa shape index (κ1) is 25.5. The summed E-state index contributed by atoms with van der Waals surface area (Å²) in [6.45, 7) is 1.96. The van der Waals surface area contributed by atoms with E-state index in [9.17, 15) is 14.7 Å². The molecule has 0 saturated carbocycles. The molecule has 0 radical (unpaired) electrons. The molecule has 0 aliphatic rings. The fourth-order valence-corrected chi connectivity index (χ4v) is 3.63. The Balaban J connectivity index is 1.30. The lowest BCUT2D eigenvalue weighted by molar-refractivity contribution is -0.151. The van der Waals surface area contributed by atoms with Crippen LogP contribution >= 0.6 is 0 Å². The number of carbonyl (C=O) groups excluding carboxylic acids is 1. The normalized spacial score (nSPS) is 12.4. The number of aliphatic carboxylic acids is 1. The van der Waals surface area contributed by atoms with E-state index in [0.717, 1.165) is 22.3 Å². The first-order valence-corrected chi connectivity index (χ1v) is 11.8. The molecule has 37 heavy (non-hydrogen) atoms. The summed E-state index contributed by atoms with van der Waals surface area (Å²) in [5.74, 6) is -0.516. The van der Waals surface area contributed by atoms with Crippen LogP contribution in [-0.2, 0) is 27.3 Å². The zero-order valence-corrected chi connectivity index (χ0v) is 20.3. The molecule has 188 valence electrons. The van der Waals surface area contributed by atoms with Gasteiger partial charge in [0.25, 0.3) is 0 Å². The molecule has 3 aromatic carbocycles. The number of aromatic nitrogens is 2. The predicted octanol–water partition coefficient (Wildman–Crippen LogP) is 5.67. The van der Waals surface area contributed by atoms with Gasteiger partial charge in [-0.15, -0.1) is 0 Å². The Hall–Kier alpha value is -4.56. The van der Waals surface area contributed by atoms with Gasteiger partial charge in [0.15, 0.2) is 11.9 Å². The van der Waals surface area contributed by atoms with Crippen molar-refractivity contribution in [3.05, 3.63) is 114 Å². The Kier molecular flexibility index (Phi) is 8.57. The van der Waals surface area contributed by atoms with Crippen LogP contribution in [0.2, 0.25) is 0 Å². The molecule has 0 spiro atoms. The number of carboxylic acids is 1. The minimum atomic E-state index is -0.999. The molecule has 4 aromatic rings. The summed E-state index contributed by atoms with van der Waals surface area (Å²) in [6.07, 6.45) is 1.38. The minimum absolute atomic E-state index is 0.164. The summed E-state index contributed by atoms with van der Waals surface area (Å²) < 4.78 is 11.1. The molecule has 0 aliphatic carbocycles. The van der Waals surface area contributed by atoms with E-state index in [1.54, 1.807) is 6.92 Å². The Morgan fingerprint density at radius 1 is 0.865 bits per heavy atom. The van der Waals surface area contributed by atoms with Crippen molar-refractivity contribution in [1.29, 1.82) is 0 Å². The van der Waals surface area contributed by atoms with Gasteiger partial charge in [-0.3, -0.25) is 5.32 Å². The van der Waals surface area contributed by atoms with Gasteiger partial charge in [0.05, 0.1) is 24.7 Å². The highest BCUT2D eigenvalue weighted by molar-refractivity contribution is 5.84. The molecule has 0 aliphatic heterocycles. The maximum absolute atomic E-state index is 12.2. The number of nitrogens with one attached hydrogen (secondary N) is 1. The second-order valence-electron chi connectivity index (χ2n) is 8.40. The summed E-state index contributed by atoms with van der Waals surface area (Å²) in [7, 11) is 0. The van der Waals surface area contributed by atoms with Crippen LogP contribution in [0, 0.1) is 0 Å². The third-order valence-corrected chi connectivity index (χ3v) is 5.65. The van der Waals surface area contributed by atoms with Crippen LogP contribution in [0.25, 0.3) is 11.4 Å². The number of anilines is 1. The van der Waals surface area contributed by atoms with Crippen LogP contribution in [0.3, 0.4) is 0 Å². The van der Waals surface area contributed by atoms with E-state index in [1.165, 1.54) is 12.4 Å². The van der Waals surface area contributed by atoms with Crippen molar-refractivity contribution < 1.29 is 24.2 Å². The molecule has 1 amide bonds. The van der Waals surface area contributed by atoms with Crippen LogP contribution in [0.5, 0.6) is 0 Å². The summed E-state index contributed by atoms with van der Waals surface area (Å²) >= 11 is 0. The van der Waals surface area contributed by atoms with Gasteiger partial charge in [-0.2, -0.15) is 0 Å². The highest BCUT2D eigenvalue weighted by Gasteiger charge is 2.19. The molecule has 0 fully saturated rings. The molecule has 0 saturated heterocycles. The van der Waals surface area contributed by atoms with Crippen molar-refractivity contribution in [3.63, 3.8) is 0 Å². The van der Waals surface area contributed by atoms with Crippen LogP contribution in [0.1, 0.15) is 29.7 Å². The van der Waals surface area contributed by atoms with Crippen molar-refractivity contribution in [2.24, 2.45) is 0 Å². The standard InChI is InChI=1S/C29H27N3O5/c1-20(23-10-6-3-7-11-23)37-29(35)32-25-17-30-27(31-18-25)24-14-12-22(13-15-24)19-36-26(28(33)34)16-21-8-4-2-5-9-21/h2-15,17-18,20,26H,16,19H2,1H3,(H,32,35)(H,33,34). The summed E-state index contributed by atoms with van der Waals surface area (Å²) in [5, 5.41) is 12.1. The SMILES string of the molecule is CC(OC(=O)Nc1cnc(-c2ccc(COC(Cc3ccccc3)C(=O)O)cc2)nc1)c1ccccc1. The van der Waals surface area contributed by atoms with Crippen molar-refractivity contribution in [1.82, 2.24) is 9.97 Å².